The molecular weight excluding hydrogens is 278 g/mol. The molecule has 0 radical (unpaired) electrons. The number of morpholine rings is 1. The SMILES string of the molecule is CC1(C)OCCNC1C(=O)NCCN1Cc2ccccc2C1. The summed E-state index contributed by atoms with van der Waals surface area (Å²) in [6.45, 7) is 8.78. The Balaban J connectivity index is 1.45. The van der Waals surface area contributed by atoms with Crippen LogP contribution < -0.4 is 10.6 Å². The van der Waals surface area contributed by atoms with Crippen molar-refractivity contribution >= 4 is 5.91 Å². The van der Waals surface area contributed by atoms with Gasteiger partial charge in [-0.05, 0) is 25.0 Å². The predicted molar refractivity (Wildman–Crippen MR) is 85.4 cm³/mol. The summed E-state index contributed by atoms with van der Waals surface area (Å²) >= 11 is 0. The molecule has 1 aromatic carbocycles. The van der Waals surface area contributed by atoms with Gasteiger partial charge in [0.15, 0.2) is 0 Å². The first kappa shape index (κ1) is 15.5. The highest BCUT2D eigenvalue weighted by atomic mass is 16.5. The summed E-state index contributed by atoms with van der Waals surface area (Å²) in [6.07, 6.45) is 0. The third-order valence-electron chi connectivity index (χ3n) is 4.52. The molecule has 1 atom stereocenters. The monoisotopic (exact) mass is 303 g/mol. The number of rotatable bonds is 4. The smallest absolute Gasteiger partial charge is 0.240 e. The van der Waals surface area contributed by atoms with Crippen LogP contribution in [0.4, 0.5) is 0 Å². The highest BCUT2D eigenvalue weighted by Gasteiger charge is 2.38. The topological polar surface area (TPSA) is 53.6 Å². The fourth-order valence-corrected chi connectivity index (χ4v) is 3.26. The number of benzene rings is 1. The number of nitrogens with one attached hydrogen (secondary N) is 2. The van der Waals surface area contributed by atoms with E-state index in [0.29, 0.717) is 13.2 Å². The Labute approximate surface area is 132 Å². The first-order valence-corrected chi connectivity index (χ1v) is 8.00. The van der Waals surface area contributed by atoms with Crippen LogP contribution >= 0.6 is 0 Å². The number of amides is 1. The van der Waals surface area contributed by atoms with Gasteiger partial charge >= 0.3 is 0 Å². The minimum atomic E-state index is -0.452. The first-order chi connectivity index (χ1) is 10.6. The van der Waals surface area contributed by atoms with Gasteiger partial charge in [0.2, 0.25) is 5.91 Å². The van der Waals surface area contributed by atoms with Gasteiger partial charge < -0.3 is 15.4 Å². The molecule has 2 N–H and O–H groups in total. The Hall–Kier alpha value is -1.43. The molecule has 1 saturated heterocycles. The van der Waals surface area contributed by atoms with Crippen LogP contribution in [0.2, 0.25) is 0 Å². The van der Waals surface area contributed by atoms with Crippen molar-refractivity contribution in [3.63, 3.8) is 0 Å². The zero-order chi connectivity index (χ0) is 15.6. The molecule has 5 heteroatoms. The minimum Gasteiger partial charge on any atom is -0.372 e. The van der Waals surface area contributed by atoms with Gasteiger partial charge in [0.05, 0.1) is 12.2 Å². The van der Waals surface area contributed by atoms with E-state index in [2.05, 4.69) is 39.8 Å². The largest absolute Gasteiger partial charge is 0.372 e. The average Bonchev–Trinajstić information content (AvgIpc) is 2.89. The summed E-state index contributed by atoms with van der Waals surface area (Å²) in [4.78, 5) is 14.7. The number of ether oxygens (including phenoxy) is 1. The molecule has 22 heavy (non-hydrogen) atoms. The van der Waals surface area contributed by atoms with Crippen LogP contribution in [0.25, 0.3) is 0 Å². The van der Waals surface area contributed by atoms with E-state index in [4.69, 9.17) is 4.74 Å². The second-order valence-electron chi connectivity index (χ2n) is 6.61. The molecule has 5 nitrogen and oxygen atoms in total. The molecule has 2 heterocycles. The Morgan fingerprint density at radius 1 is 1.36 bits per heavy atom. The lowest BCUT2D eigenvalue weighted by atomic mass is 9.96. The van der Waals surface area contributed by atoms with Gasteiger partial charge in [0, 0.05) is 32.7 Å². The van der Waals surface area contributed by atoms with Gasteiger partial charge in [-0.3, -0.25) is 9.69 Å². The van der Waals surface area contributed by atoms with Gasteiger partial charge in [-0.25, -0.2) is 0 Å². The van der Waals surface area contributed by atoms with Crippen LogP contribution in [0.5, 0.6) is 0 Å². The lowest BCUT2D eigenvalue weighted by Gasteiger charge is -2.38. The van der Waals surface area contributed by atoms with Crippen LogP contribution in [0, 0.1) is 0 Å². The summed E-state index contributed by atoms with van der Waals surface area (Å²) in [7, 11) is 0. The van der Waals surface area contributed by atoms with Gasteiger partial charge in [0.1, 0.15) is 6.04 Å². The molecule has 1 fully saturated rings. The predicted octanol–water partition coefficient (Wildman–Crippen LogP) is 0.885. The van der Waals surface area contributed by atoms with Crippen molar-refractivity contribution in [1.29, 1.82) is 0 Å². The first-order valence-electron chi connectivity index (χ1n) is 8.00. The number of hydrogen-bond acceptors (Lipinski definition) is 4. The molecular formula is C17H25N3O2. The summed E-state index contributed by atoms with van der Waals surface area (Å²) < 4.78 is 5.69. The Kier molecular flexibility index (Phi) is 4.47. The number of fused-ring (bicyclic) bond motifs is 1. The molecule has 120 valence electrons. The van der Waals surface area contributed by atoms with Gasteiger partial charge in [-0.15, -0.1) is 0 Å². The van der Waals surface area contributed by atoms with E-state index in [-0.39, 0.29) is 11.9 Å². The van der Waals surface area contributed by atoms with E-state index >= 15 is 0 Å². The van der Waals surface area contributed by atoms with Gasteiger partial charge in [-0.2, -0.15) is 0 Å². The molecule has 2 aliphatic rings. The zero-order valence-electron chi connectivity index (χ0n) is 13.4. The van der Waals surface area contributed by atoms with E-state index in [9.17, 15) is 4.79 Å². The fourth-order valence-electron chi connectivity index (χ4n) is 3.26. The number of carbonyl (C=O) groups excluding carboxylic acids is 1. The molecule has 0 aromatic heterocycles. The molecule has 1 unspecified atom stereocenters. The van der Waals surface area contributed by atoms with E-state index in [1.807, 2.05) is 13.8 Å². The van der Waals surface area contributed by atoms with Crippen molar-refractivity contribution in [2.45, 2.75) is 38.6 Å². The minimum absolute atomic E-state index is 0.0291. The maximum Gasteiger partial charge on any atom is 0.240 e. The second kappa shape index (κ2) is 6.36. The fraction of sp³-hybridized carbons (Fsp3) is 0.588. The standard InChI is InChI=1S/C17H25N3O2/c1-17(2)15(18-8-10-22-17)16(21)19-7-9-20-11-13-5-3-4-6-14(13)12-20/h3-6,15,18H,7-12H2,1-2H3,(H,19,21). The summed E-state index contributed by atoms with van der Waals surface area (Å²) in [5.74, 6) is 0.0291. The molecule has 0 bridgehead atoms. The van der Waals surface area contributed by atoms with Gasteiger partial charge in [-0.1, -0.05) is 24.3 Å². The second-order valence-corrected chi connectivity index (χ2v) is 6.61. The average molecular weight is 303 g/mol. The van der Waals surface area contributed by atoms with Crippen LogP contribution in [-0.4, -0.2) is 48.7 Å². The summed E-state index contributed by atoms with van der Waals surface area (Å²) in [5, 5.41) is 6.29. The van der Waals surface area contributed by atoms with Gasteiger partial charge in [0.25, 0.3) is 0 Å². The van der Waals surface area contributed by atoms with Crippen molar-refractivity contribution < 1.29 is 9.53 Å². The molecule has 0 spiro atoms. The van der Waals surface area contributed by atoms with Crippen molar-refractivity contribution in [3.05, 3.63) is 35.4 Å². The van der Waals surface area contributed by atoms with E-state index < -0.39 is 5.60 Å². The van der Waals surface area contributed by atoms with Crippen molar-refractivity contribution in [2.75, 3.05) is 26.2 Å². The number of hydrogen-bond donors (Lipinski definition) is 2. The van der Waals surface area contributed by atoms with Crippen molar-refractivity contribution in [3.8, 4) is 0 Å². The van der Waals surface area contributed by atoms with Crippen LogP contribution in [0.3, 0.4) is 0 Å². The highest BCUT2D eigenvalue weighted by molar-refractivity contribution is 5.83. The van der Waals surface area contributed by atoms with E-state index in [1.54, 1.807) is 0 Å². The van der Waals surface area contributed by atoms with E-state index in [0.717, 1.165) is 26.2 Å². The van der Waals surface area contributed by atoms with Crippen LogP contribution in [0.1, 0.15) is 25.0 Å². The molecule has 1 aromatic rings. The van der Waals surface area contributed by atoms with Crippen molar-refractivity contribution in [1.82, 2.24) is 15.5 Å². The molecule has 2 aliphatic heterocycles. The third kappa shape index (κ3) is 3.32. The third-order valence-corrected chi connectivity index (χ3v) is 4.52. The molecule has 0 aliphatic carbocycles. The molecule has 0 saturated carbocycles. The maximum absolute atomic E-state index is 12.3. The Bertz CT molecular complexity index is 519. The molecule has 1 amide bonds. The summed E-state index contributed by atoms with van der Waals surface area (Å²) in [5.41, 5.74) is 2.35. The number of nitrogens with zero attached hydrogens (tertiary/aromatic N) is 1. The Morgan fingerprint density at radius 3 is 2.68 bits per heavy atom. The Morgan fingerprint density at radius 2 is 2.05 bits per heavy atom. The van der Waals surface area contributed by atoms with E-state index in [1.165, 1.54) is 11.1 Å². The van der Waals surface area contributed by atoms with Crippen LogP contribution in [-0.2, 0) is 22.6 Å². The maximum atomic E-state index is 12.3. The quantitative estimate of drug-likeness (QED) is 0.867. The lowest BCUT2D eigenvalue weighted by Crippen LogP contribution is -2.61. The zero-order valence-corrected chi connectivity index (χ0v) is 13.4. The number of carbonyl (C=O) groups is 1. The van der Waals surface area contributed by atoms with Crippen molar-refractivity contribution in [2.24, 2.45) is 0 Å². The lowest BCUT2D eigenvalue weighted by molar-refractivity contribution is -0.137. The molecule has 3 rings (SSSR count). The normalized spacial score (nSPS) is 24.0. The van der Waals surface area contributed by atoms with Crippen LogP contribution in [0.15, 0.2) is 24.3 Å². The highest BCUT2D eigenvalue weighted by Crippen LogP contribution is 2.21. The summed E-state index contributed by atoms with van der Waals surface area (Å²) in [6, 6.07) is 8.25.